The predicted octanol–water partition coefficient (Wildman–Crippen LogP) is -12.9. The summed E-state index contributed by atoms with van der Waals surface area (Å²) in [5.41, 5.74) is 0. The van der Waals surface area contributed by atoms with Crippen LogP contribution in [0, 0.1) is 0 Å². The van der Waals surface area contributed by atoms with E-state index in [1.807, 2.05) is 0 Å². The molecule has 0 saturated carbocycles. The van der Waals surface area contributed by atoms with Gasteiger partial charge in [0.05, 0.1) is 0 Å². The van der Waals surface area contributed by atoms with Crippen molar-refractivity contribution in [2.45, 2.75) is 0 Å². The van der Waals surface area contributed by atoms with Gasteiger partial charge in [-0.15, -0.1) is 0 Å². The van der Waals surface area contributed by atoms with Crippen LogP contribution in [0.5, 0.6) is 0 Å². The van der Waals surface area contributed by atoms with E-state index in [4.69, 9.17) is 12.3 Å². The third-order valence-corrected chi connectivity index (χ3v) is 0. The van der Waals surface area contributed by atoms with Gasteiger partial charge in [-0.2, -0.15) is 0 Å². The number of rotatable bonds is 0. The molecule has 0 radical (unpaired) electrons. The van der Waals surface area contributed by atoms with Crippen molar-refractivity contribution < 1.29 is 166 Å². The van der Waals surface area contributed by atoms with Crippen molar-refractivity contribution in [2.24, 2.45) is 0 Å². The zero-order valence-corrected chi connectivity index (χ0v) is 15.9. The first-order valence-corrected chi connectivity index (χ1v) is 2.85. The third kappa shape index (κ3) is 34.7. The molecule has 0 aromatic rings. The van der Waals surface area contributed by atoms with Crippen molar-refractivity contribution in [2.75, 3.05) is 0 Å². The second kappa shape index (κ2) is 17.4. The van der Waals surface area contributed by atoms with E-state index in [9.17, 15) is 0 Å². The van der Waals surface area contributed by atoms with Crippen LogP contribution in [0.2, 0.25) is 0 Å². The second-order valence-corrected chi connectivity index (χ2v) is 1.16. The van der Waals surface area contributed by atoms with Crippen LogP contribution in [-0.2, 0) is 0 Å². The van der Waals surface area contributed by atoms with Crippen molar-refractivity contribution in [3.63, 3.8) is 0 Å². The summed E-state index contributed by atoms with van der Waals surface area (Å²) in [5.74, 6) is 0. The van der Waals surface area contributed by atoms with Crippen LogP contribution < -0.4 is 166 Å². The molecular formula is AsK3O3. The fraction of sp³-hybridized carbons (Fsp3) is 0. The van der Waals surface area contributed by atoms with Gasteiger partial charge in [0.2, 0.25) is 0 Å². The molecule has 0 aromatic carbocycles. The molecule has 7 heavy (non-hydrogen) atoms. The van der Waals surface area contributed by atoms with Crippen molar-refractivity contribution >= 4 is 15.7 Å². The van der Waals surface area contributed by atoms with Gasteiger partial charge in [0.15, 0.2) is 0 Å². The fourth-order valence-electron chi connectivity index (χ4n) is 0. The molecule has 0 aromatic heterocycles. The van der Waals surface area contributed by atoms with E-state index in [2.05, 4.69) is 0 Å². The normalized spacial score (nSPS) is 5.14. The van der Waals surface area contributed by atoms with E-state index >= 15 is 0 Å². The van der Waals surface area contributed by atoms with Crippen molar-refractivity contribution in [1.82, 2.24) is 0 Å². The molecule has 0 unspecified atom stereocenters. The standard InChI is InChI=1S/AsO3.3K/c2-1(3)4;;;/q-3;3*+1. The molecule has 0 atom stereocenters. The zero-order valence-electron chi connectivity index (χ0n) is 4.67. The van der Waals surface area contributed by atoms with Gasteiger partial charge in [-0.25, -0.2) is 0 Å². The quantitative estimate of drug-likeness (QED) is 0.395. The molecular weight excluding hydrogens is 240 g/mol. The van der Waals surface area contributed by atoms with Gasteiger partial charge in [0, 0.05) is 0 Å². The van der Waals surface area contributed by atoms with Gasteiger partial charge >= 0.3 is 182 Å². The summed E-state index contributed by atoms with van der Waals surface area (Å²) in [6, 6.07) is 0. The van der Waals surface area contributed by atoms with Crippen LogP contribution in [0.1, 0.15) is 0 Å². The fourth-order valence-corrected chi connectivity index (χ4v) is 0. The first kappa shape index (κ1) is 22.8. The SMILES string of the molecule is [K+].[K+].[K+].[O-][As]([O-])[O-]. The molecule has 0 bridgehead atoms. The zero-order chi connectivity index (χ0) is 3.58. The molecule has 0 saturated heterocycles. The van der Waals surface area contributed by atoms with Crippen molar-refractivity contribution in [1.29, 1.82) is 0 Å². The molecule has 3 nitrogen and oxygen atoms in total. The maximum absolute atomic E-state index is 8.56. The Kier molecular flexibility index (Phi) is 56.8. The number of hydrogen-bond acceptors (Lipinski definition) is 3. The summed E-state index contributed by atoms with van der Waals surface area (Å²) in [7, 11) is 0. The van der Waals surface area contributed by atoms with Gasteiger partial charge in [-0.05, 0) is 0 Å². The Labute approximate surface area is 176 Å². The monoisotopic (exact) mass is 240 g/mol. The molecule has 0 amide bonds. The summed E-state index contributed by atoms with van der Waals surface area (Å²) in [6.45, 7) is 0. The van der Waals surface area contributed by atoms with E-state index < -0.39 is 15.7 Å². The third-order valence-electron chi connectivity index (χ3n) is 0. The Hall–Kier alpha value is 5.35. The van der Waals surface area contributed by atoms with Gasteiger partial charge < -0.3 is 0 Å². The van der Waals surface area contributed by atoms with Crippen LogP contribution in [0.25, 0.3) is 0 Å². The number of hydrogen-bond donors (Lipinski definition) is 0. The van der Waals surface area contributed by atoms with E-state index in [0.29, 0.717) is 0 Å². The molecule has 0 aliphatic rings. The van der Waals surface area contributed by atoms with Gasteiger partial charge in [0.25, 0.3) is 0 Å². The van der Waals surface area contributed by atoms with E-state index in [1.54, 1.807) is 0 Å². The van der Waals surface area contributed by atoms with Crippen LogP contribution in [0.4, 0.5) is 0 Å². The van der Waals surface area contributed by atoms with Gasteiger partial charge in [0.1, 0.15) is 0 Å². The summed E-state index contributed by atoms with van der Waals surface area (Å²) >= 11 is -3.94. The van der Waals surface area contributed by atoms with E-state index in [-0.39, 0.29) is 154 Å². The molecule has 0 fully saturated rings. The van der Waals surface area contributed by atoms with E-state index in [0.717, 1.165) is 0 Å². The van der Waals surface area contributed by atoms with Crippen LogP contribution >= 0.6 is 0 Å². The summed E-state index contributed by atoms with van der Waals surface area (Å²) in [5, 5.41) is 0. The summed E-state index contributed by atoms with van der Waals surface area (Å²) in [6.07, 6.45) is 0. The maximum atomic E-state index is 8.56. The van der Waals surface area contributed by atoms with Crippen LogP contribution in [0.15, 0.2) is 0 Å². The Balaban J connectivity index is -0.0000000150. The summed E-state index contributed by atoms with van der Waals surface area (Å²) < 4.78 is 25.7. The van der Waals surface area contributed by atoms with Gasteiger partial charge in [-0.1, -0.05) is 0 Å². The molecule has 0 N–H and O–H groups in total. The summed E-state index contributed by atoms with van der Waals surface area (Å²) in [4.78, 5) is 0. The molecule has 26 valence electrons. The van der Waals surface area contributed by atoms with Gasteiger partial charge in [-0.3, -0.25) is 0 Å². The Morgan fingerprint density at radius 3 is 0.714 bits per heavy atom. The Morgan fingerprint density at radius 2 is 0.714 bits per heavy atom. The molecule has 0 heterocycles. The minimum atomic E-state index is -3.94. The first-order chi connectivity index (χ1) is 1.73. The molecule has 0 spiro atoms. The first-order valence-electron chi connectivity index (χ1n) is 0.548. The molecule has 0 rings (SSSR count). The molecule has 7 heteroatoms. The van der Waals surface area contributed by atoms with Crippen molar-refractivity contribution in [3.05, 3.63) is 0 Å². The predicted molar refractivity (Wildman–Crippen MR) is 5.75 cm³/mol. The Morgan fingerprint density at radius 1 is 0.714 bits per heavy atom. The average molecular weight is 240 g/mol. The van der Waals surface area contributed by atoms with Crippen LogP contribution in [-0.4, -0.2) is 15.7 Å². The molecule has 0 aliphatic carbocycles. The van der Waals surface area contributed by atoms with Crippen LogP contribution in [0.3, 0.4) is 0 Å². The van der Waals surface area contributed by atoms with Crippen molar-refractivity contribution in [3.8, 4) is 0 Å². The second-order valence-electron chi connectivity index (χ2n) is 0.224. The van der Waals surface area contributed by atoms with E-state index in [1.165, 1.54) is 0 Å². The topological polar surface area (TPSA) is 69.2 Å². The molecule has 0 aliphatic heterocycles. The Bertz CT molecular complexity index is 14.9. The average Bonchev–Trinajstić information content (AvgIpc) is 0.811. The minimum absolute atomic E-state index is 0.